The van der Waals surface area contributed by atoms with Crippen molar-refractivity contribution in [3.05, 3.63) is 89.9 Å². The maximum absolute atomic E-state index is 15.4. The summed E-state index contributed by atoms with van der Waals surface area (Å²) in [5.74, 6) is -3.40. The van der Waals surface area contributed by atoms with Crippen LogP contribution in [0.4, 0.5) is 13.2 Å². The van der Waals surface area contributed by atoms with Crippen LogP contribution >= 0.6 is 0 Å². The fraction of sp³-hybridized carbons (Fsp3) is 0.462. The number of aromatic nitrogens is 2. The Bertz CT molecular complexity index is 1870. The number of nitrogens with one attached hydrogen (secondary N) is 1. The van der Waals surface area contributed by atoms with Crippen molar-refractivity contribution in [1.82, 2.24) is 29.6 Å². The molecular weight excluding hydrogens is 705 g/mol. The van der Waals surface area contributed by atoms with E-state index in [2.05, 4.69) is 5.32 Å². The van der Waals surface area contributed by atoms with Gasteiger partial charge in [-0.3, -0.25) is 24.1 Å². The van der Waals surface area contributed by atoms with Crippen LogP contribution in [-0.2, 0) is 35.2 Å². The molecule has 4 atom stereocenters. The van der Waals surface area contributed by atoms with Crippen molar-refractivity contribution in [1.29, 1.82) is 0 Å². The largest absolute Gasteiger partial charge is 0.381 e. The maximum atomic E-state index is 15.4. The molecular formula is C39H43F3N6O6. The Morgan fingerprint density at radius 3 is 2.48 bits per heavy atom. The summed E-state index contributed by atoms with van der Waals surface area (Å²) in [6.07, 6.45) is 2.62. The van der Waals surface area contributed by atoms with E-state index >= 15 is 8.78 Å². The summed E-state index contributed by atoms with van der Waals surface area (Å²) in [6.45, 7) is 1.71. The summed E-state index contributed by atoms with van der Waals surface area (Å²) in [6, 6.07) is 12.0. The highest BCUT2D eigenvalue weighted by molar-refractivity contribution is 6.13. The number of halogens is 3. The molecule has 2 aromatic carbocycles. The summed E-state index contributed by atoms with van der Waals surface area (Å²) in [4.78, 5) is 61.5. The molecule has 0 aliphatic carbocycles. The van der Waals surface area contributed by atoms with Gasteiger partial charge in [-0.1, -0.05) is 30.3 Å². The molecule has 15 heteroatoms. The Labute approximate surface area is 310 Å². The van der Waals surface area contributed by atoms with Crippen molar-refractivity contribution in [2.75, 3.05) is 59.1 Å². The lowest BCUT2D eigenvalue weighted by Crippen LogP contribution is -2.55. The van der Waals surface area contributed by atoms with Crippen LogP contribution in [0.1, 0.15) is 36.7 Å². The smallest absolute Gasteiger partial charge is 0.254 e. The highest BCUT2D eigenvalue weighted by Crippen LogP contribution is 2.39. The first-order chi connectivity index (χ1) is 26.2. The quantitative estimate of drug-likeness (QED) is 0.280. The minimum Gasteiger partial charge on any atom is -0.381 e. The van der Waals surface area contributed by atoms with E-state index in [9.17, 15) is 23.6 Å². The predicted octanol–water partition coefficient (Wildman–Crippen LogP) is 3.27. The van der Waals surface area contributed by atoms with Crippen LogP contribution in [-0.4, -0.2) is 119 Å². The molecule has 0 saturated carbocycles. The minimum atomic E-state index is -1.23. The van der Waals surface area contributed by atoms with E-state index in [1.54, 1.807) is 11.1 Å². The SMILES string of the molecule is O=C(CCN1C(=O)C=CC1=O)N1CCO[C@@H](C(=O)N(C[C@@H]2CNC[C@@H]2F)[C@@H](c2nc(-c3cc(F)ccc3F)cn2Cc2ccccc2)C2CCOCC2)C1. The van der Waals surface area contributed by atoms with Gasteiger partial charge in [0.2, 0.25) is 5.91 Å². The number of morpholine rings is 1. The van der Waals surface area contributed by atoms with Gasteiger partial charge in [0.15, 0.2) is 6.10 Å². The van der Waals surface area contributed by atoms with E-state index in [-0.39, 0.29) is 68.8 Å². The molecule has 286 valence electrons. The van der Waals surface area contributed by atoms with Crippen LogP contribution < -0.4 is 5.32 Å². The van der Waals surface area contributed by atoms with Crippen LogP contribution in [0, 0.1) is 23.5 Å². The lowest BCUT2D eigenvalue weighted by molar-refractivity contribution is -0.159. The molecule has 5 heterocycles. The van der Waals surface area contributed by atoms with Gasteiger partial charge in [-0.05, 0) is 42.5 Å². The minimum absolute atomic E-state index is 0.0108. The Balaban J connectivity index is 1.25. The van der Waals surface area contributed by atoms with Crippen molar-refractivity contribution in [2.24, 2.45) is 11.8 Å². The molecule has 0 bridgehead atoms. The van der Waals surface area contributed by atoms with Crippen molar-refractivity contribution in [2.45, 2.75) is 44.1 Å². The van der Waals surface area contributed by atoms with Crippen molar-refractivity contribution in [3.8, 4) is 11.3 Å². The number of alkyl halides is 1. The molecule has 7 rings (SSSR count). The van der Waals surface area contributed by atoms with Crippen LogP contribution in [0.15, 0.2) is 66.9 Å². The van der Waals surface area contributed by atoms with Gasteiger partial charge in [0, 0.05) is 88.7 Å². The first kappa shape index (κ1) is 37.5. The summed E-state index contributed by atoms with van der Waals surface area (Å²) in [5, 5.41) is 3.08. The van der Waals surface area contributed by atoms with E-state index in [0.717, 1.165) is 40.8 Å². The van der Waals surface area contributed by atoms with E-state index in [1.165, 1.54) is 4.90 Å². The number of rotatable bonds is 12. The zero-order valence-electron chi connectivity index (χ0n) is 29.7. The molecule has 0 radical (unpaired) electrons. The molecule has 3 saturated heterocycles. The summed E-state index contributed by atoms with van der Waals surface area (Å²) in [7, 11) is 0. The number of carbonyl (C=O) groups is 4. The van der Waals surface area contributed by atoms with Crippen molar-refractivity contribution in [3.63, 3.8) is 0 Å². The number of amides is 4. The second kappa shape index (κ2) is 16.7. The number of ether oxygens (including phenoxy) is 2. The molecule has 4 aliphatic rings. The number of nitrogens with zero attached hydrogens (tertiary/aromatic N) is 5. The third-order valence-electron chi connectivity index (χ3n) is 10.6. The average Bonchev–Trinajstić information content (AvgIpc) is 3.89. The predicted molar refractivity (Wildman–Crippen MR) is 189 cm³/mol. The Hall–Kier alpha value is -4.86. The molecule has 0 spiro atoms. The third-order valence-corrected chi connectivity index (χ3v) is 10.6. The van der Waals surface area contributed by atoms with Gasteiger partial charge in [-0.25, -0.2) is 18.2 Å². The number of imidazole rings is 1. The second-order valence-electron chi connectivity index (χ2n) is 14.2. The van der Waals surface area contributed by atoms with Gasteiger partial charge < -0.3 is 29.2 Å². The zero-order chi connectivity index (χ0) is 37.8. The maximum Gasteiger partial charge on any atom is 0.254 e. The number of hydrogen-bond donors (Lipinski definition) is 1. The fourth-order valence-electron chi connectivity index (χ4n) is 7.73. The highest BCUT2D eigenvalue weighted by Gasteiger charge is 2.43. The van der Waals surface area contributed by atoms with Crippen LogP contribution in [0.5, 0.6) is 0 Å². The lowest BCUT2D eigenvalue weighted by Gasteiger charge is -2.42. The average molecular weight is 749 g/mol. The lowest BCUT2D eigenvalue weighted by atomic mass is 9.88. The number of hydrogen-bond acceptors (Lipinski definition) is 8. The molecule has 1 aromatic heterocycles. The molecule has 3 fully saturated rings. The molecule has 1 N–H and O–H groups in total. The number of carbonyl (C=O) groups excluding carboxylic acids is 4. The Morgan fingerprint density at radius 2 is 1.76 bits per heavy atom. The standard InChI is InChI=1S/C39H43F3N6O6/c40-28-6-7-30(41)29(18-28)32-23-46(21-25-4-2-1-3-5-25)38(44-32)37(26-11-15-53-16-12-26)48(22-27-19-43-20-31(27)42)39(52)33-24-45(14-17-54-33)34(49)10-13-47-35(50)8-9-36(47)51/h1-9,18,23,26-27,31,33,37,43H,10-17,19-22,24H2/t27-,31-,33+,37+/m0/s1. The third kappa shape index (κ3) is 8.27. The summed E-state index contributed by atoms with van der Waals surface area (Å²) in [5.41, 5.74) is 1.06. The zero-order valence-corrected chi connectivity index (χ0v) is 29.7. The first-order valence-electron chi connectivity index (χ1n) is 18.4. The van der Waals surface area contributed by atoms with E-state index in [4.69, 9.17) is 14.5 Å². The molecule has 12 nitrogen and oxygen atoms in total. The molecule has 54 heavy (non-hydrogen) atoms. The van der Waals surface area contributed by atoms with Crippen molar-refractivity contribution >= 4 is 23.6 Å². The Morgan fingerprint density at radius 1 is 1.00 bits per heavy atom. The van der Waals surface area contributed by atoms with Crippen LogP contribution in [0.25, 0.3) is 11.3 Å². The summed E-state index contributed by atoms with van der Waals surface area (Å²) >= 11 is 0. The summed E-state index contributed by atoms with van der Waals surface area (Å²) < 4.78 is 58.8. The van der Waals surface area contributed by atoms with Crippen LogP contribution in [0.3, 0.4) is 0 Å². The van der Waals surface area contributed by atoms with Gasteiger partial charge in [0.1, 0.15) is 23.6 Å². The van der Waals surface area contributed by atoms with Gasteiger partial charge in [0.25, 0.3) is 17.7 Å². The van der Waals surface area contributed by atoms with Crippen molar-refractivity contribution < 1.29 is 41.8 Å². The molecule has 0 unspecified atom stereocenters. The number of benzene rings is 2. The molecule has 4 amide bonds. The van der Waals surface area contributed by atoms with E-state index in [0.29, 0.717) is 45.0 Å². The second-order valence-corrected chi connectivity index (χ2v) is 14.2. The van der Waals surface area contributed by atoms with Gasteiger partial charge in [0.05, 0.1) is 24.9 Å². The van der Waals surface area contributed by atoms with Gasteiger partial charge in [-0.2, -0.15) is 0 Å². The van der Waals surface area contributed by atoms with E-state index in [1.807, 2.05) is 34.9 Å². The first-order valence-corrected chi connectivity index (χ1v) is 18.4. The Kier molecular flexibility index (Phi) is 11.6. The number of imide groups is 1. The topological polar surface area (TPSA) is 126 Å². The fourth-order valence-corrected chi connectivity index (χ4v) is 7.73. The van der Waals surface area contributed by atoms with Gasteiger partial charge in [-0.15, -0.1) is 0 Å². The molecule has 4 aliphatic heterocycles. The van der Waals surface area contributed by atoms with Gasteiger partial charge >= 0.3 is 0 Å². The molecule has 3 aromatic rings. The van der Waals surface area contributed by atoms with E-state index < -0.39 is 53.6 Å². The normalized spacial score (nSPS) is 22.6. The van der Waals surface area contributed by atoms with Crippen LogP contribution in [0.2, 0.25) is 0 Å². The highest BCUT2D eigenvalue weighted by atomic mass is 19.1. The monoisotopic (exact) mass is 748 g/mol.